The zero-order valence-corrected chi connectivity index (χ0v) is 10.9. The summed E-state index contributed by atoms with van der Waals surface area (Å²) in [4.78, 5) is 0. The second-order valence-electron chi connectivity index (χ2n) is 4.95. The predicted octanol–water partition coefficient (Wildman–Crippen LogP) is 4.15. The first-order valence-corrected chi connectivity index (χ1v) is 6.72. The van der Waals surface area contributed by atoms with Crippen LogP contribution >= 0.6 is 11.6 Å². The van der Waals surface area contributed by atoms with Crippen LogP contribution in [0.25, 0.3) is 0 Å². The molecule has 0 amide bonds. The number of nitrogens with one attached hydrogen (secondary N) is 1. The van der Waals surface area contributed by atoms with Gasteiger partial charge in [0.25, 0.3) is 0 Å². The molecule has 1 aliphatic carbocycles. The fraction of sp³-hybridized carbons (Fsp3) is 0.571. The average Bonchev–Trinajstić information content (AvgIpc) is 2.83. The maximum atomic E-state index is 13.1. The lowest BCUT2D eigenvalue weighted by Crippen LogP contribution is -2.31. The van der Waals surface area contributed by atoms with E-state index in [0.717, 1.165) is 11.5 Å². The number of hydrogen-bond acceptors (Lipinski definition) is 1. The maximum absolute atomic E-state index is 13.1. The fourth-order valence-electron chi connectivity index (χ4n) is 2.57. The van der Waals surface area contributed by atoms with E-state index >= 15 is 0 Å². The summed E-state index contributed by atoms with van der Waals surface area (Å²) in [6.07, 6.45) is 5.31. The van der Waals surface area contributed by atoms with E-state index in [1.165, 1.54) is 37.8 Å². The zero-order valence-electron chi connectivity index (χ0n) is 10.2. The topological polar surface area (TPSA) is 12.0 Å². The number of rotatable bonds is 4. The van der Waals surface area contributed by atoms with E-state index in [1.54, 1.807) is 6.07 Å². The van der Waals surface area contributed by atoms with Gasteiger partial charge in [-0.1, -0.05) is 24.4 Å². The van der Waals surface area contributed by atoms with Gasteiger partial charge in [0, 0.05) is 17.6 Å². The molecule has 0 heterocycles. The molecule has 1 atom stereocenters. The largest absolute Gasteiger partial charge is 0.310 e. The van der Waals surface area contributed by atoms with E-state index in [2.05, 4.69) is 12.2 Å². The molecule has 94 valence electrons. The molecule has 1 aromatic carbocycles. The van der Waals surface area contributed by atoms with Gasteiger partial charge in [-0.05, 0) is 49.4 Å². The summed E-state index contributed by atoms with van der Waals surface area (Å²) in [5, 5.41) is 4.09. The number of benzene rings is 1. The molecule has 0 spiro atoms. The van der Waals surface area contributed by atoms with E-state index in [9.17, 15) is 4.39 Å². The van der Waals surface area contributed by atoms with Crippen molar-refractivity contribution in [2.45, 2.75) is 45.2 Å². The van der Waals surface area contributed by atoms with Gasteiger partial charge < -0.3 is 5.32 Å². The molecule has 1 N–H and O–H groups in total. The lowest BCUT2D eigenvalue weighted by molar-refractivity contribution is 0.380. The molecule has 0 radical (unpaired) electrons. The van der Waals surface area contributed by atoms with Gasteiger partial charge in [0.1, 0.15) is 5.82 Å². The smallest absolute Gasteiger partial charge is 0.123 e. The van der Waals surface area contributed by atoms with Crippen LogP contribution in [0.5, 0.6) is 0 Å². The molecule has 0 saturated heterocycles. The molecular formula is C14H19ClFN. The van der Waals surface area contributed by atoms with Crippen molar-refractivity contribution in [1.29, 1.82) is 0 Å². The van der Waals surface area contributed by atoms with Crippen LogP contribution in [0.4, 0.5) is 4.39 Å². The molecule has 1 aliphatic rings. The van der Waals surface area contributed by atoms with Crippen LogP contribution in [-0.4, -0.2) is 6.04 Å². The molecular weight excluding hydrogens is 237 g/mol. The van der Waals surface area contributed by atoms with Crippen LogP contribution in [0.2, 0.25) is 5.02 Å². The molecule has 1 saturated carbocycles. The Kier molecular flexibility index (Phi) is 4.41. The highest BCUT2D eigenvalue weighted by atomic mass is 35.5. The summed E-state index contributed by atoms with van der Waals surface area (Å²) in [5.41, 5.74) is 0.844. The highest BCUT2D eigenvalue weighted by Gasteiger charge is 2.21. The molecule has 0 bridgehead atoms. The third-order valence-electron chi connectivity index (χ3n) is 3.73. The summed E-state index contributed by atoms with van der Waals surface area (Å²) < 4.78 is 13.1. The Hall–Kier alpha value is -0.600. The van der Waals surface area contributed by atoms with Gasteiger partial charge in [-0.2, -0.15) is 0 Å². The first-order valence-electron chi connectivity index (χ1n) is 6.34. The maximum Gasteiger partial charge on any atom is 0.123 e. The van der Waals surface area contributed by atoms with Gasteiger partial charge in [-0.3, -0.25) is 0 Å². The normalized spacial score (nSPS) is 18.5. The minimum atomic E-state index is -0.222. The predicted molar refractivity (Wildman–Crippen MR) is 69.7 cm³/mol. The lowest BCUT2D eigenvalue weighted by Gasteiger charge is -2.20. The van der Waals surface area contributed by atoms with Gasteiger partial charge in [-0.25, -0.2) is 4.39 Å². The fourth-order valence-corrected chi connectivity index (χ4v) is 2.76. The van der Waals surface area contributed by atoms with E-state index in [4.69, 9.17) is 11.6 Å². The Bertz CT molecular complexity index is 374. The van der Waals surface area contributed by atoms with Crippen LogP contribution in [-0.2, 0) is 6.54 Å². The van der Waals surface area contributed by atoms with Crippen molar-refractivity contribution < 1.29 is 4.39 Å². The van der Waals surface area contributed by atoms with Gasteiger partial charge in [0.2, 0.25) is 0 Å². The minimum Gasteiger partial charge on any atom is -0.310 e. The zero-order chi connectivity index (χ0) is 12.3. The first-order chi connectivity index (χ1) is 8.16. The summed E-state index contributed by atoms with van der Waals surface area (Å²) in [5.74, 6) is 0.544. The van der Waals surface area contributed by atoms with Crippen molar-refractivity contribution in [3.8, 4) is 0 Å². The monoisotopic (exact) mass is 255 g/mol. The Balaban J connectivity index is 1.90. The van der Waals surface area contributed by atoms with Crippen molar-refractivity contribution in [1.82, 2.24) is 5.32 Å². The Labute approximate surface area is 107 Å². The van der Waals surface area contributed by atoms with Crippen LogP contribution in [0, 0.1) is 11.7 Å². The van der Waals surface area contributed by atoms with E-state index in [-0.39, 0.29) is 5.82 Å². The SMILES string of the molecule is C[C@H](NCc1cc(F)ccc1Cl)C1CCCC1. The molecule has 17 heavy (non-hydrogen) atoms. The van der Waals surface area contributed by atoms with Crippen LogP contribution in [0.15, 0.2) is 18.2 Å². The van der Waals surface area contributed by atoms with Gasteiger partial charge in [-0.15, -0.1) is 0 Å². The van der Waals surface area contributed by atoms with Crippen LogP contribution < -0.4 is 5.32 Å². The number of hydrogen-bond donors (Lipinski definition) is 1. The summed E-state index contributed by atoms with van der Waals surface area (Å²) >= 11 is 6.03. The number of halogens is 2. The highest BCUT2D eigenvalue weighted by Crippen LogP contribution is 2.28. The van der Waals surface area contributed by atoms with Crippen molar-refractivity contribution in [2.24, 2.45) is 5.92 Å². The molecule has 3 heteroatoms. The molecule has 0 unspecified atom stereocenters. The van der Waals surface area contributed by atoms with Crippen LogP contribution in [0.3, 0.4) is 0 Å². The quantitative estimate of drug-likeness (QED) is 0.852. The lowest BCUT2D eigenvalue weighted by atomic mass is 9.99. The highest BCUT2D eigenvalue weighted by molar-refractivity contribution is 6.31. The third kappa shape index (κ3) is 3.43. The van der Waals surface area contributed by atoms with Crippen LogP contribution in [0.1, 0.15) is 38.2 Å². The Morgan fingerprint density at radius 2 is 2.12 bits per heavy atom. The molecule has 2 rings (SSSR count). The van der Waals surface area contributed by atoms with Gasteiger partial charge in [0.15, 0.2) is 0 Å². The average molecular weight is 256 g/mol. The van der Waals surface area contributed by atoms with Crippen molar-refractivity contribution in [3.63, 3.8) is 0 Å². The second kappa shape index (κ2) is 5.83. The first kappa shape index (κ1) is 12.8. The van der Waals surface area contributed by atoms with E-state index in [0.29, 0.717) is 17.6 Å². The molecule has 1 nitrogen and oxygen atoms in total. The van der Waals surface area contributed by atoms with Crippen molar-refractivity contribution >= 4 is 11.6 Å². The van der Waals surface area contributed by atoms with Gasteiger partial charge in [0.05, 0.1) is 0 Å². The molecule has 1 fully saturated rings. The Morgan fingerprint density at radius 1 is 1.41 bits per heavy atom. The second-order valence-corrected chi connectivity index (χ2v) is 5.36. The van der Waals surface area contributed by atoms with E-state index in [1.807, 2.05) is 0 Å². The summed E-state index contributed by atoms with van der Waals surface area (Å²) in [7, 11) is 0. The van der Waals surface area contributed by atoms with E-state index < -0.39 is 0 Å². The minimum absolute atomic E-state index is 0.222. The standard InChI is InChI=1S/C14H19ClFN/c1-10(11-4-2-3-5-11)17-9-12-8-13(16)6-7-14(12)15/h6-8,10-11,17H,2-5,9H2,1H3/t10-/m0/s1. The molecule has 1 aromatic rings. The van der Waals surface area contributed by atoms with Crippen molar-refractivity contribution in [2.75, 3.05) is 0 Å². The molecule has 0 aromatic heterocycles. The van der Waals surface area contributed by atoms with Crippen molar-refractivity contribution in [3.05, 3.63) is 34.6 Å². The van der Waals surface area contributed by atoms with Gasteiger partial charge >= 0.3 is 0 Å². The third-order valence-corrected chi connectivity index (χ3v) is 4.10. The molecule has 0 aliphatic heterocycles. The summed E-state index contributed by atoms with van der Waals surface area (Å²) in [6.45, 7) is 2.86. The summed E-state index contributed by atoms with van der Waals surface area (Å²) in [6, 6.07) is 5.01. The Morgan fingerprint density at radius 3 is 2.82 bits per heavy atom.